The normalized spacial score (nSPS) is 33.0. The Kier molecular flexibility index (Phi) is 6.37. The quantitative estimate of drug-likeness (QED) is 0.533. The van der Waals surface area contributed by atoms with E-state index in [2.05, 4.69) is 27.9 Å². The predicted octanol–water partition coefficient (Wildman–Crippen LogP) is 2.83. The molecular formula is C11H22INO. The Morgan fingerprint density at radius 3 is 2.07 bits per heavy atom. The summed E-state index contributed by atoms with van der Waals surface area (Å²) < 4.78 is -0.434. The number of halogens is 1. The molecule has 1 aliphatic rings. The highest BCUT2D eigenvalue weighted by Crippen LogP contribution is 2.28. The van der Waals surface area contributed by atoms with Crippen LogP contribution in [0.15, 0.2) is 0 Å². The van der Waals surface area contributed by atoms with Crippen LogP contribution in [0.25, 0.3) is 0 Å². The maximum atomic E-state index is 10.0. The summed E-state index contributed by atoms with van der Waals surface area (Å²) in [6, 6.07) is 0. The first-order valence-corrected chi connectivity index (χ1v) is 6.91. The Morgan fingerprint density at radius 2 is 1.36 bits per heavy atom. The van der Waals surface area contributed by atoms with E-state index in [-0.39, 0.29) is 0 Å². The van der Waals surface area contributed by atoms with Gasteiger partial charge in [0, 0.05) is 0 Å². The average molecular weight is 311 g/mol. The van der Waals surface area contributed by atoms with Crippen LogP contribution < -0.4 is 5.32 Å². The van der Waals surface area contributed by atoms with E-state index < -0.39 is 3.61 Å². The van der Waals surface area contributed by atoms with Crippen LogP contribution in [0.3, 0.4) is 0 Å². The topological polar surface area (TPSA) is 32.3 Å². The molecule has 0 aromatic rings. The Labute approximate surface area is 101 Å². The zero-order valence-corrected chi connectivity index (χ0v) is 11.1. The van der Waals surface area contributed by atoms with Crippen LogP contribution in [0.4, 0.5) is 0 Å². The third kappa shape index (κ3) is 6.19. The van der Waals surface area contributed by atoms with Crippen LogP contribution in [-0.4, -0.2) is 21.8 Å². The molecule has 0 amide bonds. The Bertz CT molecular complexity index is 136. The average Bonchev–Trinajstić information content (AvgIpc) is 2.11. The second-order valence-corrected chi connectivity index (χ2v) is 6.30. The number of aliphatic hydroxyl groups is 1. The maximum absolute atomic E-state index is 10.0. The minimum absolute atomic E-state index is 0.434. The second kappa shape index (κ2) is 7.01. The van der Waals surface area contributed by atoms with Gasteiger partial charge in [0.1, 0.15) is 3.61 Å². The molecule has 0 aromatic carbocycles. The molecule has 0 aromatic heterocycles. The van der Waals surface area contributed by atoms with Gasteiger partial charge in [-0.15, -0.1) is 0 Å². The minimum Gasteiger partial charge on any atom is -0.380 e. The van der Waals surface area contributed by atoms with E-state index in [4.69, 9.17) is 0 Å². The van der Waals surface area contributed by atoms with Gasteiger partial charge in [0.2, 0.25) is 0 Å². The van der Waals surface area contributed by atoms with E-state index in [0.717, 1.165) is 25.8 Å². The lowest BCUT2D eigenvalue weighted by Crippen LogP contribution is -2.22. The molecule has 0 aliphatic carbocycles. The van der Waals surface area contributed by atoms with Crippen molar-refractivity contribution in [3.8, 4) is 0 Å². The maximum Gasteiger partial charge on any atom is 0.115 e. The number of rotatable bonds is 0. The molecule has 0 bridgehead atoms. The molecule has 1 saturated heterocycles. The van der Waals surface area contributed by atoms with E-state index in [1.807, 2.05) is 0 Å². The van der Waals surface area contributed by atoms with E-state index in [1.165, 1.54) is 38.6 Å². The summed E-state index contributed by atoms with van der Waals surface area (Å²) in [5, 5.41) is 13.5. The summed E-state index contributed by atoms with van der Waals surface area (Å²) in [4.78, 5) is 0. The van der Waals surface area contributed by atoms with Crippen molar-refractivity contribution in [2.24, 2.45) is 0 Å². The third-order valence-electron chi connectivity index (χ3n) is 2.83. The summed E-state index contributed by atoms with van der Waals surface area (Å²) >= 11 is 2.22. The fourth-order valence-corrected chi connectivity index (χ4v) is 2.66. The molecule has 3 heteroatoms. The lowest BCUT2D eigenvalue weighted by molar-refractivity contribution is 0.129. The van der Waals surface area contributed by atoms with Crippen LogP contribution in [0.5, 0.6) is 0 Å². The number of hydrogen-bond donors (Lipinski definition) is 2. The summed E-state index contributed by atoms with van der Waals surface area (Å²) in [7, 11) is 0. The van der Waals surface area contributed by atoms with Gasteiger partial charge in [-0.3, -0.25) is 0 Å². The summed E-state index contributed by atoms with van der Waals surface area (Å²) in [5.41, 5.74) is 0. The Morgan fingerprint density at radius 1 is 0.857 bits per heavy atom. The highest BCUT2D eigenvalue weighted by molar-refractivity contribution is 14.1. The minimum atomic E-state index is -0.434. The zero-order valence-electron chi connectivity index (χ0n) is 8.90. The van der Waals surface area contributed by atoms with Gasteiger partial charge in [-0.25, -0.2) is 0 Å². The molecule has 0 spiro atoms. The highest BCUT2D eigenvalue weighted by atomic mass is 127. The van der Waals surface area contributed by atoms with Crippen molar-refractivity contribution in [2.75, 3.05) is 13.1 Å². The van der Waals surface area contributed by atoms with Crippen molar-refractivity contribution in [1.82, 2.24) is 5.32 Å². The van der Waals surface area contributed by atoms with E-state index in [0.29, 0.717) is 0 Å². The first-order chi connectivity index (χ1) is 6.71. The van der Waals surface area contributed by atoms with Crippen molar-refractivity contribution in [1.29, 1.82) is 0 Å². The molecule has 84 valence electrons. The predicted molar refractivity (Wildman–Crippen MR) is 68.8 cm³/mol. The summed E-state index contributed by atoms with van der Waals surface area (Å²) in [6.07, 6.45) is 9.32. The van der Waals surface area contributed by atoms with Gasteiger partial charge in [-0.05, 0) is 74.2 Å². The van der Waals surface area contributed by atoms with Crippen LogP contribution in [0.2, 0.25) is 0 Å². The SMILES string of the molecule is OC1(I)CCCCCCNCCCC1. The van der Waals surface area contributed by atoms with Gasteiger partial charge in [-0.2, -0.15) is 0 Å². The molecule has 1 aliphatic heterocycles. The van der Waals surface area contributed by atoms with Crippen LogP contribution in [0, 0.1) is 0 Å². The van der Waals surface area contributed by atoms with Crippen LogP contribution >= 0.6 is 22.6 Å². The fraction of sp³-hybridized carbons (Fsp3) is 1.00. The van der Waals surface area contributed by atoms with Gasteiger partial charge in [0.05, 0.1) is 0 Å². The fourth-order valence-electron chi connectivity index (χ4n) is 1.90. The standard InChI is InChI=1S/C11H22INO/c12-11(14)7-3-1-2-5-9-13-10-6-4-8-11/h13-14H,1-10H2. The highest BCUT2D eigenvalue weighted by Gasteiger charge is 2.21. The molecule has 1 heterocycles. The molecular weight excluding hydrogens is 289 g/mol. The van der Waals surface area contributed by atoms with Gasteiger partial charge in [0.15, 0.2) is 0 Å². The van der Waals surface area contributed by atoms with E-state index in [9.17, 15) is 5.11 Å². The lowest BCUT2D eigenvalue weighted by atomic mass is 10.0. The number of hydrogen-bond acceptors (Lipinski definition) is 2. The molecule has 1 atom stereocenters. The molecule has 2 nitrogen and oxygen atoms in total. The molecule has 0 radical (unpaired) electrons. The molecule has 1 unspecified atom stereocenters. The van der Waals surface area contributed by atoms with Gasteiger partial charge in [0.25, 0.3) is 0 Å². The third-order valence-corrected chi connectivity index (χ3v) is 3.91. The Hall–Kier alpha value is 0.650. The van der Waals surface area contributed by atoms with Crippen LogP contribution in [-0.2, 0) is 0 Å². The molecule has 0 saturated carbocycles. The van der Waals surface area contributed by atoms with Gasteiger partial charge in [-0.1, -0.05) is 12.8 Å². The van der Waals surface area contributed by atoms with Gasteiger partial charge < -0.3 is 10.4 Å². The number of alkyl halides is 1. The molecule has 1 fully saturated rings. The molecule has 1 rings (SSSR count). The van der Waals surface area contributed by atoms with Crippen molar-refractivity contribution < 1.29 is 5.11 Å². The smallest absolute Gasteiger partial charge is 0.115 e. The van der Waals surface area contributed by atoms with E-state index in [1.54, 1.807) is 0 Å². The van der Waals surface area contributed by atoms with Crippen molar-refractivity contribution >= 4 is 22.6 Å². The van der Waals surface area contributed by atoms with Gasteiger partial charge >= 0.3 is 0 Å². The first kappa shape index (κ1) is 12.7. The second-order valence-electron chi connectivity index (χ2n) is 4.29. The summed E-state index contributed by atoms with van der Waals surface area (Å²) in [6.45, 7) is 2.29. The van der Waals surface area contributed by atoms with E-state index >= 15 is 0 Å². The zero-order chi connectivity index (χ0) is 10.3. The van der Waals surface area contributed by atoms with Crippen molar-refractivity contribution in [2.45, 2.75) is 55.0 Å². The molecule has 14 heavy (non-hydrogen) atoms. The van der Waals surface area contributed by atoms with Crippen molar-refractivity contribution in [3.05, 3.63) is 0 Å². The van der Waals surface area contributed by atoms with Crippen LogP contribution in [0.1, 0.15) is 51.4 Å². The first-order valence-electron chi connectivity index (χ1n) is 5.83. The largest absolute Gasteiger partial charge is 0.380 e. The molecule has 2 N–H and O–H groups in total. The number of nitrogens with one attached hydrogen (secondary N) is 1. The summed E-state index contributed by atoms with van der Waals surface area (Å²) in [5.74, 6) is 0. The Balaban J connectivity index is 2.24. The lowest BCUT2D eigenvalue weighted by Gasteiger charge is -2.21. The van der Waals surface area contributed by atoms with Crippen molar-refractivity contribution in [3.63, 3.8) is 0 Å². The monoisotopic (exact) mass is 311 g/mol.